The Morgan fingerprint density at radius 1 is 1.53 bits per heavy atom. The number of halogens is 1. The monoisotopic (exact) mass is 291 g/mol. The molecule has 1 aromatic heterocycles. The van der Waals surface area contributed by atoms with Crippen LogP contribution in [0.3, 0.4) is 0 Å². The van der Waals surface area contributed by atoms with Crippen molar-refractivity contribution in [1.29, 1.82) is 5.26 Å². The van der Waals surface area contributed by atoms with E-state index in [0.717, 1.165) is 10.2 Å². The fourth-order valence-corrected chi connectivity index (χ4v) is 1.75. The van der Waals surface area contributed by atoms with Gasteiger partial charge in [0.25, 0.3) is 0 Å². The second-order valence-electron chi connectivity index (χ2n) is 3.54. The lowest BCUT2D eigenvalue weighted by Gasteiger charge is -2.08. The molecule has 0 atom stereocenters. The van der Waals surface area contributed by atoms with Gasteiger partial charge in [-0.15, -0.1) is 0 Å². The van der Waals surface area contributed by atoms with E-state index in [9.17, 15) is 0 Å². The van der Waals surface area contributed by atoms with Crippen molar-refractivity contribution in [2.75, 3.05) is 0 Å². The Bertz CT molecular complexity index is 571. The molecule has 0 saturated carbocycles. The number of hydrogen-bond donors (Lipinski definition) is 0. The van der Waals surface area contributed by atoms with E-state index < -0.39 is 0 Å². The van der Waals surface area contributed by atoms with Gasteiger partial charge in [-0.3, -0.25) is 0 Å². The van der Waals surface area contributed by atoms with Crippen molar-refractivity contribution in [1.82, 2.24) is 9.55 Å². The molecule has 0 aliphatic rings. The first kappa shape index (κ1) is 11.7. The van der Waals surface area contributed by atoms with Crippen LogP contribution in [-0.2, 0) is 13.7 Å². The Morgan fingerprint density at radius 3 is 3.00 bits per heavy atom. The summed E-state index contributed by atoms with van der Waals surface area (Å²) >= 11 is 3.32. The molecule has 0 spiro atoms. The third kappa shape index (κ3) is 2.66. The number of hydrogen-bond acceptors (Lipinski definition) is 3. The van der Waals surface area contributed by atoms with Gasteiger partial charge in [-0.1, -0.05) is 15.9 Å². The van der Waals surface area contributed by atoms with Crippen molar-refractivity contribution in [2.24, 2.45) is 7.05 Å². The van der Waals surface area contributed by atoms with Crippen molar-refractivity contribution in [3.05, 3.63) is 46.5 Å². The highest BCUT2D eigenvalue weighted by molar-refractivity contribution is 9.10. The zero-order valence-corrected chi connectivity index (χ0v) is 10.8. The number of imidazole rings is 1. The molecule has 0 N–H and O–H groups in total. The van der Waals surface area contributed by atoms with Crippen molar-refractivity contribution < 1.29 is 4.74 Å². The minimum atomic E-state index is 0.396. The maximum Gasteiger partial charge on any atom is 0.137 e. The molecule has 1 aromatic carbocycles. The zero-order valence-electron chi connectivity index (χ0n) is 9.22. The Morgan fingerprint density at radius 2 is 2.35 bits per heavy atom. The predicted molar refractivity (Wildman–Crippen MR) is 66.4 cm³/mol. The summed E-state index contributed by atoms with van der Waals surface area (Å²) in [6.07, 6.45) is 3.45. The number of nitrogens with zero attached hydrogens (tertiary/aromatic N) is 3. The summed E-state index contributed by atoms with van der Waals surface area (Å²) in [5, 5.41) is 8.99. The number of aryl methyl sites for hydroxylation is 1. The van der Waals surface area contributed by atoms with E-state index >= 15 is 0 Å². The van der Waals surface area contributed by atoms with E-state index in [4.69, 9.17) is 10.00 Å². The second kappa shape index (κ2) is 5.02. The smallest absolute Gasteiger partial charge is 0.137 e. The molecule has 0 fully saturated rings. The average molecular weight is 292 g/mol. The van der Waals surface area contributed by atoms with E-state index in [1.807, 2.05) is 17.7 Å². The molecular formula is C12H10BrN3O. The first-order valence-corrected chi connectivity index (χ1v) is 5.77. The normalized spacial score (nSPS) is 9.94. The van der Waals surface area contributed by atoms with E-state index in [1.54, 1.807) is 24.7 Å². The summed E-state index contributed by atoms with van der Waals surface area (Å²) in [4.78, 5) is 4.00. The van der Waals surface area contributed by atoms with E-state index in [0.29, 0.717) is 17.9 Å². The van der Waals surface area contributed by atoms with Gasteiger partial charge >= 0.3 is 0 Å². The minimum absolute atomic E-state index is 0.396. The molecule has 17 heavy (non-hydrogen) atoms. The van der Waals surface area contributed by atoms with Gasteiger partial charge in [-0.05, 0) is 18.2 Å². The van der Waals surface area contributed by atoms with Crippen LogP contribution in [0, 0.1) is 11.3 Å². The van der Waals surface area contributed by atoms with Gasteiger partial charge in [0.2, 0.25) is 0 Å². The third-order valence-electron chi connectivity index (χ3n) is 2.35. The van der Waals surface area contributed by atoms with Crippen LogP contribution in [0.5, 0.6) is 5.75 Å². The van der Waals surface area contributed by atoms with Crippen LogP contribution < -0.4 is 4.74 Å². The molecule has 5 heteroatoms. The molecule has 0 saturated heterocycles. The molecule has 2 aromatic rings. The van der Waals surface area contributed by atoms with Gasteiger partial charge in [0.05, 0.1) is 23.8 Å². The Kier molecular flexibility index (Phi) is 3.45. The van der Waals surface area contributed by atoms with E-state index in [-0.39, 0.29) is 0 Å². The number of aromatic nitrogens is 2. The summed E-state index contributed by atoms with van der Waals surface area (Å²) in [5.41, 5.74) is 1.47. The largest absolute Gasteiger partial charge is 0.486 e. The maximum atomic E-state index is 8.99. The van der Waals surface area contributed by atoms with Crippen LogP contribution in [0.25, 0.3) is 0 Å². The highest BCUT2D eigenvalue weighted by Gasteiger charge is 2.05. The van der Waals surface area contributed by atoms with Gasteiger partial charge in [0, 0.05) is 11.5 Å². The lowest BCUT2D eigenvalue weighted by molar-refractivity contribution is 0.296. The van der Waals surface area contributed by atoms with Crippen molar-refractivity contribution in [3.8, 4) is 11.8 Å². The van der Waals surface area contributed by atoms with Crippen molar-refractivity contribution in [2.45, 2.75) is 6.61 Å². The Balaban J connectivity index is 2.15. The standard InChI is InChI=1S/C12H10BrN3O/c1-16-8-15-6-11(16)7-17-12-3-2-10(13)4-9(12)5-14/h2-4,6,8H,7H2,1H3. The average Bonchev–Trinajstić information content (AvgIpc) is 2.73. The van der Waals surface area contributed by atoms with Crippen molar-refractivity contribution in [3.63, 3.8) is 0 Å². The summed E-state index contributed by atoms with van der Waals surface area (Å²) < 4.78 is 8.35. The van der Waals surface area contributed by atoms with Crippen LogP contribution in [-0.4, -0.2) is 9.55 Å². The molecule has 0 aliphatic heterocycles. The highest BCUT2D eigenvalue weighted by Crippen LogP contribution is 2.23. The molecule has 1 heterocycles. The van der Waals surface area contributed by atoms with Crippen LogP contribution in [0.2, 0.25) is 0 Å². The molecule has 0 unspecified atom stereocenters. The summed E-state index contributed by atoms with van der Waals surface area (Å²) in [6, 6.07) is 7.46. The fraction of sp³-hybridized carbons (Fsp3) is 0.167. The van der Waals surface area contributed by atoms with E-state index in [1.165, 1.54) is 0 Å². The first-order valence-electron chi connectivity index (χ1n) is 4.98. The lowest BCUT2D eigenvalue weighted by Crippen LogP contribution is -2.02. The first-order chi connectivity index (χ1) is 8.20. The minimum Gasteiger partial charge on any atom is -0.486 e. The number of nitriles is 1. The van der Waals surface area contributed by atoms with Gasteiger partial charge in [0.15, 0.2) is 0 Å². The maximum absolute atomic E-state index is 8.99. The molecule has 4 nitrogen and oxygen atoms in total. The molecule has 0 aliphatic carbocycles. The topological polar surface area (TPSA) is 50.8 Å². The molecule has 2 rings (SSSR count). The zero-order chi connectivity index (χ0) is 12.3. The molecule has 0 bridgehead atoms. The number of benzene rings is 1. The molecule has 0 radical (unpaired) electrons. The van der Waals surface area contributed by atoms with Gasteiger partial charge in [-0.25, -0.2) is 4.98 Å². The number of rotatable bonds is 3. The van der Waals surface area contributed by atoms with Gasteiger partial charge in [0.1, 0.15) is 18.4 Å². The molecule has 86 valence electrons. The lowest BCUT2D eigenvalue weighted by atomic mass is 10.2. The van der Waals surface area contributed by atoms with Crippen LogP contribution in [0.1, 0.15) is 11.3 Å². The highest BCUT2D eigenvalue weighted by atomic mass is 79.9. The van der Waals surface area contributed by atoms with E-state index in [2.05, 4.69) is 27.0 Å². The third-order valence-corrected chi connectivity index (χ3v) is 2.85. The van der Waals surface area contributed by atoms with Crippen LogP contribution in [0.4, 0.5) is 0 Å². The van der Waals surface area contributed by atoms with Gasteiger partial charge in [-0.2, -0.15) is 5.26 Å². The van der Waals surface area contributed by atoms with Crippen LogP contribution in [0.15, 0.2) is 35.2 Å². The van der Waals surface area contributed by atoms with Gasteiger partial charge < -0.3 is 9.30 Å². The quantitative estimate of drug-likeness (QED) is 0.873. The predicted octanol–water partition coefficient (Wildman–Crippen LogP) is 2.63. The molecular weight excluding hydrogens is 282 g/mol. The Hall–Kier alpha value is -1.80. The SMILES string of the molecule is Cn1cncc1COc1ccc(Br)cc1C#N. The van der Waals surface area contributed by atoms with Crippen molar-refractivity contribution >= 4 is 15.9 Å². The second-order valence-corrected chi connectivity index (χ2v) is 4.45. The Labute approximate surface area is 108 Å². The number of ether oxygens (including phenoxy) is 1. The molecule has 0 amide bonds. The summed E-state index contributed by atoms with van der Waals surface area (Å²) in [5.74, 6) is 0.580. The fourth-order valence-electron chi connectivity index (χ4n) is 1.39. The summed E-state index contributed by atoms with van der Waals surface area (Å²) in [7, 11) is 1.90. The van der Waals surface area contributed by atoms with Crippen LogP contribution >= 0.6 is 15.9 Å². The summed E-state index contributed by atoms with van der Waals surface area (Å²) in [6.45, 7) is 0.396.